The summed E-state index contributed by atoms with van der Waals surface area (Å²) < 4.78 is 24.2. The number of likely N-dealkylation sites (tertiary alicyclic amines) is 1. The Kier molecular flexibility index (Phi) is 14.1. The number of hydrogen-bond donors (Lipinski definition) is 2. The van der Waals surface area contributed by atoms with Crippen molar-refractivity contribution < 1.29 is 43.2 Å². The molecule has 302 valence electrons. The number of fused-ring (bicyclic) bond motifs is 1. The zero-order valence-corrected chi connectivity index (χ0v) is 32.3. The normalized spacial score (nSPS) is 25.9. The molecule has 4 aliphatic heterocycles. The first kappa shape index (κ1) is 41.2. The number of amides is 3. The number of ether oxygens (including phenoxy) is 4. The lowest BCUT2D eigenvalue weighted by molar-refractivity contribution is -0.163. The number of esters is 1. The number of aliphatic hydroxyl groups excluding tert-OH is 1. The molecule has 2 N–H and O–H groups in total. The van der Waals surface area contributed by atoms with Gasteiger partial charge in [-0.15, -0.1) is 13.2 Å². The van der Waals surface area contributed by atoms with Crippen LogP contribution in [0, 0.1) is 11.8 Å². The Labute approximate surface area is 329 Å². The van der Waals surface area contributed by atoms with Gasteiger partial charge >= 0.3 is 5.97 Å². The van der Waals surface area contributed by atoms with Gasteiger partial charge in [0, 0.05) is 46.3 Å². The highest BCUT2D eigenvalue weighted by Crippen LogP contribution is 2.59. The Morgan fingerprint density at radius 1 is 1.07 bits per heavy atom. The third-order valence-corrected chi connectivity index (χ3v) is 11.6. The molecule has 2 aromatic carbocycles. The van der Waals surface area contributed by atoms with Crippen LogP contribution in [0.1, 0.15) is 42.9 Å². The Morgan fingerprint density at radius 2 is 1.79 bits per heavy atom. The first-order valence-corrected chi connectivity index (χ1v) is 19.8. The SMILES string of the molecule is C=CCCC(=O)N[C@@H](COC)[C@@H](OC(=O)[C@@H]1[C@H]2C(=O)N([C@@H](CO)Cc3ccccc3)[C@H](C(=O)N(CC=C)CCN3CCOCC3)[C@]23CC[C@H]1O3)c1ccccc1. The zero-order valence-electron chi connectivity index (χ0n) is 32.3. The summed E-state index contributed by atoms with van der Waals surface area (Å²) in [6.45, 7) is 11.3. The molecule has 8 atom stereocenters. The molecule has 2 bridgehead atoms. The van der Waals surface area contributed by atoms with Gasteiger partial charge in [-0.25, -0.2) is 0 Å². The summed E-state index contributed by atoms with van der Waals surface area (Å²) in [5.74, 6) is -3.69. The summed E-state index contributed by atoms with van der Waals surface area (Å²) in [6.07, 6.45) is 3.50. The predicted molar refractivity (Wildman–Crippen MR) is 208 cm³/mol. The first-order chi connectivity index (χ1) is 27.3. The summed E-state index contributed by atoms with van der Waals surface area (Å²) in [5, 5.41) is 13.9. The maximum absolute atomic E-state index is 15.0. The molecule has 13 heteroatoms. The Morgan fingerprint density at radius 3 is 2.45 bits per heavy atom. The van der Waals surface area contributed by atoms with Crippen LogP contribution in [0.4, 0.5) is 0 Å². The average Bonchev–Trinajstić information content (AvgIpc) is 3.87. The van der Waals surface area contributed by atoms with Gasteiger partial charge in [0.05, 0.1) is 56.5 Å². The molecule has 2 aromatic rings. The van der Waals surface area contributed by atoms with Gasteiger partial charge in [0.1, 0.15) is 17.7 Å². The van der Waals surface area contributed by atoms with E-state index in [2.05, 4.69) is 23.4 Å². The third-order valence-electron chi connectivity index (χ3n) is 11.6. The van der Waals surface area contributed by atoms with Gasteiger partial charge < -0.3 is 39.2 Å². The maximum atomic E-state index is 15.0. The Bertz CT molecular complexity index is 1670. The van der Waals surface area contributed by atoms with Crippen molar-refractivity contribution in [2.24, 2.45) is 11.8 Å². The van der Waals surface area contributed by atoms with Crippen LogP contribution in [-0.4, -0.2) is 140 Å². The van der Waals surface area contributed by atoms with E-state index < -0.39 is 66.3 Å². The highest BCUT2D eigenvalue weighted by molar-refractivity contribution is 5.98. The summed E-state index contributed by atoms with van der Waals surface area (Å²) in [7, 11) is 1.51. The van der Waals surface area contributed by atoms with Crippen LogP contribution in [0.25, 0.3) is 0 Å². The number of carbonyl (C=O) groups is 4. The van der Waals surface area contributed by atoms with Crippen molar-refractivity contribution in [1.82, 2.24) is 20.0 Å². The number of nitrogens with zero attached hydrogens (tertiary/aromatic N) is 3. The van der Waals surface area contributed by atoms with Crippen LogP contribution in [0.5, 0.6) is 0 Å². The Balaban J connectivity index is 1.34. The van der Waals surface area contributed by atoms with E-state index in [1.807, 2.05) is 60.7 Å². The van der Waals surface area contributed by atoms with Gasteiger partial charge in [0.2, 0.25) is 17.7 Å². The van der Waals surface area contributed by atoms with E-state index in [0.717, 1.165) is 18.7 Å². The molecule has 0 aliphatic carbocycles. The summed E-state index contributed by atoms with van der Waals surface area (Å²) in [4.78, 5) is 63.2. The molecule has 13 nitrogen and oxygen atoms in total. The number of morpholine rings is 1. The van der Waals surface area contributed by atoms with E-state index >= 15 is 9.59 Å². The predicted octanol–water partition coefficient (Wildman–Crippen LogP) is 2.69. The van der Waals surface area contributed by atoms with Crippen LogP contribution < -0.4 is 5.32 Å². The molecule has 0 radical (unpaired) electrons. The second-order valence-electron chi connectivity index (χ2n) is 15.1. The average molecular weight is 773 g/mol. The van der Waals surface area contributed by atoms with Crippen LogP contribution in [0.2, 0.25) is 0 Å². The lowest BCUT2D eigenvalue weighted by atomic mass is 9.70. The summed E-state index contributed by atoms with van der Waals surface area (Å²) in [5.41, 5.74) is 0.209. The van der Waals surface area contributed by atoms with Crippen molar-refractivity contribution in [2.45, 2.75) is 68.0 Å². The van der Waals surface area contributed by atoms with Crippen molar-refractivity contribution in [3.8, 4) is 0 Å². The number of rotatable bonds is 20. The van der Waals surface area contributed by atoms with Gasteiger partial charge in [0.15, 0.2) is 0 Å². The van der Waals surface area contributed by atoms with Gasteiger partial charge in [-0.1, -0.05) is 72.8 Å². The molecule has 0 saturated carbocycles. The van der Waals surface area contributed by atoms with Crippen molar-refractivity contribution in [2.75, 3.05) is 66.3 Å². The highest BCUT2D eigenvalue weighted by Gasteiger charge is 2.75. The van der Waals surface area contributed by atoms with E-state index in [1.54, 1.807) is 17.1 Å². The number of carbonyl (C=O) groups excluding carboxylic acids is 4. The standard InChI is InChI=1S/C43H56N4O9/c1-4-6-17-35(49)44-33(29-53-3)38(31-15-11-8-12-16-31)55-42(52)36-34-18-19-43(56-34)37(36)40(50)47(32(28-48)27-30-13-9-7-10-14-30)39(43)41(51)46(20-5-2)22-21-45-23-25-54-26-24-45/h4-5,7-16,32-34,36-39,48H,1-2,6,17-29H2,3H3,(H,44,49)/t32-,33+,34-,36+,37+,38+,39-,43+/m1/s1. The smallest absolute Gasteiger partial charge is 0.313 e. The minimum atomic E-state index is -1.32. The third kappa shape index (κ3) is 8.77. The monoisotopic (exact) mass is 772 g/mol. The van der Waals surface area contributed by atoms with E-state index in [4.69, 9.17) is 18.9 Å². The van der Waals surface area contributed by atoms with Crippen molar-refractivity contribution in [1.29, 1.82) is 0 Å². The van der Waals surface area contributed by atoms with Gasteiger partial charge in [-0.3, -0.25) is 24.1 Å². The fourth-order valence-corrected chi connectivity index (χ4v) is 9.00. The molecule has 6 rings (SSSR count). The van der Waals surface area contributed by atoms with Gasteiger partial charge in [0.25, 0.3) is 0 Å². The second-order valence-corrected chi connectivity index (χ2v) is 15.1. The molecular formula is C43H56N4O9. The van der Waals surface area contributed by atoms with Crippen LogP contribution >= 0.6 is 0 Å². The summed E-state index contributed by atoms with van der Waals surface area (Å²) in [6, 6.07) is 16.0. The molecule has 0 unspecified atom stereocenters. The van der Waals surface area contributed by atoms with Gasteiger partial charge in [-0.2, -0.15) is 0 Å². The van der Waals surface area contributed by atoms with E-state index in [0.29, 0.717) is 57.6 Å². The molecule has 4 fully saturated rings. The quantitative estimate of drug-likeness (QED) is 0.152. The number of aliphatic hydroxyl groups is 1. The highest BCUT2D eigenvalue weighted by atomic mass is 16.6. The lowest BCUT2D eigenvalue weighted by Crippen LogP contribution is -2.59. The molecular weight excluding hydrogens is 716 g/mol. The minimum Gasteiger partial charge on any atom is -0.455 e. The fraction of sp³-hybridized carbons (Fsp3) is 0.535. The lowest BCUT2D eigenvalue weighted by Gasteiger charge is -2.40. The van der Waals surface area contributed by atoms with Crippen LogP contribution in [0.3, 0.4) is 0 Å². The van der Waals surface area contributed by atoms with E-state index in [1.165, 1.54) is 12.0 Å². The zero-order chi connectivity index (χ0) is 39.7. The van der Waals surface area contributed by atoms with Crippen LogP contribution in [-0.2, 0) is 44.5 Å². The van der Waals surface area contributed by atoms with Crippen molar-refractivity contribution in [3.63, 3.8) is 0 Å². The molecule has 56 heavy (non-hydrogen) atoms. The molecule has 4 aliphatic rings. The fourth-order valence-electron chi connectivity index (χ4n) is 9.00. The van der Waals surface area contributed by atoms with Crippen molar-refractivity contribution >= 4 is 23.7 Å². The molecule has 0 aromatic heterocycles. The molecule has 1 spiro atoms. The topological polar surface area (TPSA) is 147 Å². The maximum Gasteiger partial charge on any atom is 0.313 e. The van der Waals surface area contributed by atoms with Crippen LogP contribution in [0.15, 0.2) is 86.0 Å². The number of methoxy groups -OCH3 is 1. The van der Waals surface area contributed by atoms with E-state index in [9.17, 15) is 14.7 Å². The first-order valence-electron chi connectivity index (χ1n) is 19.8. The largest absolute Gasteiger partial charge is 0.455 e. The number of benzene rings is 2. The molecule has 3 amide bonds. The van der Waals surface area contributed by atoms with E-state index in [-0.39, 0.29) is 31.4 Å². The van der Waals surface area contributed by atoms with Gasteiger partial charge in [-0.05, 0) is 36.8 Å². The number of hydrogen-bond acceptors (Lipinski definition) is 10. The second kappa shape index (κ2) is 19.2. The van der Waals surface area contributed by atoms with Crippen molar-refractivity contribution in [3.05, 3.63) is 97.1 Å². The minimum absolute atomic E-state index is 0.0508. The summed E-state index contributed by atoms with van der Waals surface area (Å²) >= 11 is 0. The molecule has 4 saturated heterocycles. The number of nitrogens with one attached hydrogen (secondary N) is 1. The number of allylic oxidation sites excluding steroid dienone is 1. The Hall–Kier alpha value is -4.40. The molecule has 4 heterocycles.